The summed E-state index contributed by atoms with van der Waals surface area (Å²) in [6.07, 6.45) is -1.36. The SMILES string of the molecule is CC(C)(C)OC(=O)NCC(CC(=O)c1ccc(Br)c(F)c1)O[Si](c1ccccc1)(c1ccccc1)C(C)(C)C. The number of nitrogens with one attached hydrogen (secondary N) is 1. The molecule has 3 rings (SSSR count). The maximum Gasteiger partial charge on any atom is 0.407 e. The Morgan fingerprint density at radius 1 is 0.897 bits per heavy atom. The number of carbonyl (C=O) groups is 2. The first-order valence-corrected chi connectivity index (χ1v) is 15.7. The Hall–Kier alpha value is -2.81. The number of carbonyl (C=O) groups excluding carboxylic acids is 2. The molecular formula is C31H37BrFNO4Si. The molecule has 8 heteroatoms. The topological polar surface area (TPSA) is 64.6 Å². The van der Waals surface area contributed by atoms with E-state index >= 15 is 0 Å². The van der Waals surface area contributed by atoms with Crippen molar-refractivity contribution in [3.63, 3.8) is 0 Å². The summed E-state index contributed by atoms with van der Waals surface area (Å²) in [6.45, 7) is 11.8. The zero-order valence-electron chi connectivity index (χ0n) is 23.4. The van der Waals surface area contributed by atoms with Gasteiger partial charge in [-0.3, -0.25) is 4.79 Å². The van der Waals surface area contributed by atoms with Crippen LogP contribution in [0.15, 0.2) is 83.3 Å². The summed E-state index contributed by atoms with van der Waals surface area (Å²) < 4.78 is 27.1. The van der Waals surface area contributed by atoms with Crippen molar-refractivity contribution in [3.05, 3.63) is 94.7 Å². The minimum atomic E-state index is -3.04. The van der Waals surface area contributed by atoms with E-state index in [9.17, 15) is 14.0 Å². The number of hydrogen-bond acceptors (Lipinski definition) is 4. The van der Waals surface area contributed by atoms with Crippen molar-refractivity contribution in [2.24, 2.45) is 0 Å². The number of amides is 1. The molecule has 5 nitrogen and oxygen atoms in total. The molecular weight excluding hydrogens is 577 g/mol. The third-order valence-electron chi connectivity index (χ3n) is 6.29. The van der Waals surface area contributed by atoms with Crippen LogP contribution in [0.1, 0.15) is 58.3 Å². The first-order chi connectivity index (χ1) is 18.2. The Morgan fingerprint density at radius 2 is 1.44 bits per heavy atom. The lowest BCUT2D eigenvalue weighted by molar-refractivity contribution is 0.0490. The molecule has 0 aliphatic heterocycles. The second kappa shape index (κ2) is 12.6. The normalized spacial score (nSPS) is 13.0. The van der Waals surface area contributed by atoms with Gasteiger partial charge in [0.05, 0.1) is 10.6 Å². The molecule has 208 valence electrons. The number of rotatable bonds is 9. The van der Waals surface area contributed by atoms with Gasteiger partial charge >= 0.3 is 6.09 Å². The highest BCUT2D eigenvalue weighted by Gasteiger charge is 2.51. The van der Waals surface area contributed by atoms with Gasteiger partial charge in [-0.25, -0.2) is 9.18 Å². The Balaban J connectivity index is 2.06. The molecule has 0 aliphatic rings. The van der Waals surface area contributed by atoms with Crippen LogP contribution < -0.4 is 15.7 Å². The monoisotopic (exact) mass is 613 g/mol. The molecule has 0 saturated carbocycles. The summed E-state index contributed by atoms with van der Waals surface area (Å²) in [5.41, 5.74) is -0.438. The zero-order chi connectivity index (χ0) is 28.8. The van der Waals surface area contributed by atoms with Crippen LogP contribution in [0.2, 0.25) is 5.04 Å². The molecule has 0 aromatic heterocycles. The Labute approximate surface area is 240 Å². The van der Waals surface area contributed by atoms with E-state index < -0.39 is 31.9 Å². The van der Waals surface area contributed by atoms with Crippen molar-refractivity contribution < 1.29 is 23.1 Å². The van der Waals surface area contributed by atoms with E-state index in [1.54, 1.807) is 26.8 Å². The maximum absolute atomic E-state index is 14.3. The lowest BCUT2D eigenvalue weighted by Gasteiger charge is -2.45. The molecule has 0 fully saturated rings. The van der Waals surface area contributed by atoms with Crippen molar-refractivity contribution >= 4 is 46.5 Å². The Morgan fingerprint density at radius 3 is 1.90 bits per heavy atom. The van der Waals surface area contributed by atoms with Gasteiger partial charge in [-0.05, 0) is 64.2 Å². The van der Waals surface area contributed by atoms with E-state index in [-0.39, 0.29) is 33.8 Å². The number of ether oxygens (including phenoxy) is 1. The van der Waals surface area contributed by atoms with Crippen LogP contribution in [0.5, 0.6) is 0 Å². The van der Waals surface area contributed by atoms with Crippen LogP contribution in [0.25, 0.3) is 0 Å². The van der Waals surface area contributed by atoms with Crippen LogP contribution in [-0.2, 0) is 9.16 Å². The van der Waals surface area contributed by atoms with Crippen LogP contribution in [0.4, 0.5) is 9.18 Å². The van der Waals surface area contributed by atoms with Gasteiger partial charge in [0.25, 0.3) is 8.32 Å². The van der Waals surface area contributed by atoms with Crippen molar-refractivity contribution in [1.29, 1.82) is 0 Å². The van der Waals surface area contributed by atoms with Gasteiger partial charge in [0.2, 0.25) is 0 Å². The Bertz CT molecular complexity index is 1230. The first kappa shape index (κ1) is 30.7. The fraction of sp³-hybridized carbons (Fsp3) is 0.355. The predicted molar refractivity (Wildman–Crippen MR) is 160 cm³/mol. The van der Waals surface area contributed by atoms with E-state index in [1.807, 2.05) is 36.4 Å². The van der Waals surface area contributed by atoms with E-state index in [2.05, 4.69) is 66.3 Å². The van der Waals surface area contributed by atoms with Crippen molar-refractivity contribution in [3.8, 4) is 0 Å². The standard InChI is InChI=1S/C31H37BrFNO4Si/c1-30(2,3)37-29(36)34-21-23(20-28(35)22-17-18-26(32)27(33)19-22)38-39(31(4,5)6,24-13-9-7-10-14-24)25-15-11-8-12-16-25/h7-19,23H,20-21H2,1-6H3,(H,34,36). The van der Waals surface area contributed by atoms with Crippen molar-refractivity contribution in [2.45, 2.75) is 64.7 Å². The third-order valence-corrected chi connectivity index (χ3v) is 12.0. The molecule has 0 saturated heterocycles. The minimum Gasteiger partial charge on any atom is -0.444 e. The first-order valence-electron chi connectivity index (χ1n) is 13.0. The van der Waals surface area contributed by atoms with Crippen molar-refractivity contribution in [2.75, 3.05) is 6.54 Å². The van der Waals surface area contributed by atoms with E-state index in [1.165, 1.54) is 12.1 Å². The van der Waals surface area contributed by atoms with Gasteiger partial charge in [-0.1, -0.05) is 87.5 Å². The van der Waals surface area contributed by atoms with Gasteiger partial charge in [-0.2, -0.15) is 0 Å². The summed E-state index contributed by atoms with van der Waals surface area (Å²) in [5.74, 6) is -0.799. The molecule has 0 radical (unpaired) electrons. The quantitative estimate of drug-likeness (QED) is 0.217. The second-order valence-corrected chi connectivity index (χ2v) is 16.6. The zero-order valence-corrected chi connectivity index (χ0v) is 26.0. The summed E-state index contributed by atoms with van der Waals surface area (Å²) in [6, 6.07) is 24.4. The second-order valence-electron chi connectivity index (χ2n) is 11.5. The van der Waals surface area contributed by atoms with E-state index in [0.717, 1.165) is 10.4 Å². The minimum absolute atomic E-state index is 0.0458. The molecule has 1 atom stereocenters. The summed E-state index contributed by atoms with van der Waals surface area (Å²) in [5, 5.41) is 4.55. The predicted octanol–water partition coefficient (Wildman–Crippen LogP) is 6.63. The van der Waals surface area contributed by atoms with Crippen molar-refractivity contribution in [1.82, 2.24) is 5.32 Å². The summed E-state index contributed by atoms with van der Waals surface area (Å²) in [7, 11) is -3.04. The highest BCUT2D eigenvalue weighted by molar-refractivity contribution is 9.10. The lowest BCUT2D eigenvalue weighted by Crippen LogP contribution is -2.68. The smallest absolute Gasteiger partial charge is 0.407 e. The fourth-order valence-electron chi connectivity index (χ4n) is 4.60. The number of Topliss-reactive ketones (excluding diaryl/α,β-unsaturated/α-hetero) is 1. The molecule has 0 heterocycles. The largest absolute Gasteiger partial charge is 0.444 e. The summed E-state index contributed by atoms with van der Waals surface area (Å²) >= 11 is 3.14. The molecule has 1 amide bonds. The number of benzene rings is 3. The number of ketones is 1. The van der Waals surface area contributed by atoms with Gasteiger partial charge < -0.3 is 14.5 Å². The molecule has 0 bridgehead atoms. The number of alkyl carbamates (subject to hydrolysis) is 1. The molecule has 39 heavy (non-hydrogen) atoms. The highest BCUT2D eigenvalue weighted by Crippen LogP contribution is 2.38. The third kappa shape index (κ3) is 7.87. The average Bonchev–Trinajstić information content (AvgIpc) is 2.86. The average molecular weight is 615 g/mol. The van der Waals surface area contributed by atoms with Gasteiger partial charge in [0.1, 0.15) is 11.4 Å². The molecule has 1 unspecified atom stereocenters. The van der Waals surface area contributed by atoms with Gasteiger partial charge in [0.15, 0.2) is 5.78 Å². The van der Waals surface area contributed by atoms with E-state index in [4.69, 9.17) is 9.16 Å². The summed E-state index contributed by atoms with van der Waals surface area (Å²) in [4.78, 5) is 26.0. The Kier molecular flexibility index (Phi) is 9.91. The van der Waals surface area contributed by atoms with E-state index in [0.29, 0.717) is 0 Å². The number of halogens is 2. The van der Waals surface area contributed by atoms with Gasteiger partial charge in [0, 0.05) is 18.5 Å². The molecule has 0 spiro atoms. The molecule has 3 aromatic rings. The molecule has 3 aromatic carbocycles. The van der Waals surface area contributed by atoms with Crippen LogP contribution >= 0.6 is 15.9 Å². The maximum atomic E-state index is 14.3. The lowest BCUT2D eigenvalue weighted by atomic mass is 10.1. The fourth-order valence-corrected chi connectivity index (χ4v) is 9.53. The van der Waals surface area contributed by atoms with Crippen LogP contribution in [0.3, 0.4) is 0 Å². The number of hydrogen-bond donors (Lipinski definition) is 1. The molecule has 1 N–H and O–H groups in total. The van der Waals surface area contributed by atoms with Gasteiger partial charge in [-0.15, -0.1) is 0 Å². The molecule has 0 aliphatic carbocycles. The van der Waals surface area contributed by atoms with Crippen LogP contribution in [-0.4, -0.2) is 38.4 Å². The highest BCUT2D eigenvalue weighted by atomic mass is 79.9. The van der Waals surface area contributed by atoms with Crippen LogP contribution in [0, 0.1) is 5.82 Å².